The highest BCUT2D eigenvalue weighted by atomic mass is 16.5. The molecule has 0 aliphatic heterocycles. The zero-order valence-electron chi connectivity index (χ0n) is 10.2. The fourth-order valence-electron chi connectivity index (χ4n) is 1.75. The van der Waals surface area contributed by atoms with E-state index in [0.717, 1.165) is 11.1 Å². The van der Waals surface area contributed by atoms with E-state index in [-0.39, 0.29) is 5.56 Å². The van der Waals surface area contributed by atoms with E-state index in [1.54, 1.807) is 13.2 Å². The molecule has 4 heteroatoms. The zero-order valence-corrected chi connectivity index (χ0v) is 10.2. The van der Waals surface area contributed by atoms with Gasteiger partial charge in [-0.25, -0.2) is 0 Å². The standard InChI is InChI=1S/C14H12N2O2/c1-9-3-6-13(18-2)11(7-9)12-5-4-10(8-15)14(17)16-12/h3-7H,1-2H3,(H,16,17). The number of aryl methyl sites for hydroxylation is 1. The zero-order chi connectivity index (χ0) is 13.1. The molecule has 0 saturated carbocycles. The van der Waals surface area contributed by atoms with Gasteiger partial charge in [-0.1, -0.05) is 11.6 Å². The van der Waals surface area contributed by atoms with Gasteiger partial charge in [0.25, 0.3) is 5.56 Å². The Morgan fingerprint density at radius 3 is 2.67 bits per heavy atom. The fraction of sp³-hybridized carbons (Fsp3) is 0.143. The van der Waals surface area contributed by atoms with Gasteiger partial charge in [0.1, 0.15) is 17.4 Å². The number of pyridine rings is 1. The third-order valence-corrected chi connectivity index (χ3v) is 2.68. The van der Waals surface area contributed by atoms with E-state index in [9.17, 15) is 4.79 Å². The second-order valence-electron chi connectivity index (χ2n) is 3.93. The van der Waals surface area contributed by atoms with Gasteiger partial charge in [0.2, 0.25) is 0 Å². The first kappa shape index (κ1) is 11.9. The predicted molar refractivity (Wildman–Crippen MR) is 68.5 cm³/mol. The minimum atomic E-state index is -0.390. The summed E-state index contributed by atoms with van der Waals surface area (Å²) in [6.07, 6.45) is 0. The van der Waals surface area contributed by atoms with Gasteiger partial charge in [-0.2, -0.15) is 5.26 Å². The van der Waals surface area contributed by atoms with Gasteiger partial charge < -0.3 is 9.72 Å². The van der Waals surface area contributed by atoms with Crippen LogP contribution in [-0.2, 0) is 0 Å². The van der Waals surface area contributed by atoms with Crippen LogP contribution in [0.4, 0.5) is 0 Å². The number of H-pyrrole nitrogens is 1. The summed E-state index contributed by atoms with van der Waals surface area (Å²) in [6.45, 7) is 1.96. The minimum absolute atomic E-state index is 0.102. The van der Waals surface area contributed by atoms with Gasteiger partial charge in [0.05, 0.1) is 12.8 Å². The number of methoxy groups -OCH3 is 1. The van der Waals surface area contributed by atoms with Gasteiger partial charge in [0, 0.05) is 5.56 Å². The summed E-state index contributed by atoms with van der Waals surface area (Å²) in [7, 11) is 1.58. The molecule has 90 valence electrons. The summed E-state index contributed by atoms with van der Waals surface area (Å²) in [5, 5.41) is 8.73. The van der Waals surface area contributed by atoms with Crippen molar-refractivity contribution in [1.82, 2.24) is 4.98 Å². The third-order valence-electron chi connectivity index (χ3n) is 2.68. The first-order valence-corrected chi connectivity index (χ1v) is 5.44. The number of hydrogen-bond donors (Lipinski definition) is 1. The smallest absolute Gasteiger partial charge is 0.266 e. The molecule has 1 N–H and O–H groups in total. The first-order valence-electron chi connectivity index (χ1n) is 5.44. The van der Waals surface area contributed by atoms with E-state index < -0.39 is 5.56 Å². The Morgan fingerprint density at radius 2 is 2.06 bits per heavy atom. The quantitative estimate of drug-likeness (QED) is 0.875. The number of nitrogens with zero attached hydrogens (tertiary/aromatic N) is 1. The van der Waals surface area contributed by atoms with Crippen molar-refractivity contribution < 1.29 is 4.74 Å². The van der Waals surface area contributed by atoms with E-state index in [0.29, 0.717) is 11.4 Å². The fourth-order valence-corrected chi connectivity index (χ4v) is 1.75. The maximum atomic E-state index is 11.6. The lowest BCUT2D eigenvalue weighted by Gasteiger charge is -2.09. The Kier molecular flexibility index (Phi) is 3.16. The molecule has 0 aliphatic rings. The molecule has 0 bridgehead atoms. The van der Waals surface area contributed by atoms with Crippen LogP contribution in [0, 0.1) is 18.3 Å². The number of benzene rings is 1. The molecule has 18 heavy (non-hydrogen) atoms. The van der Waals surface area contributed by atoms with Crippen LogP contribution in [0.1, 0.15) is 11.1 Å². The molecule has 0 amide bonds. The lowest BCUT2D eigenvalue weighted by atomic mass is 10.1. The third kappa shape index (κ3) is 2.11. The Hall–Kier alpha value is -2.54. The van der Waals surface area contributed by atoms with Crippen molar-refractivity contribution in [2.45, 2.75) is 6.92 Å². The van der Waals surface area contributed by atoms with Gasteiger partial charge in [-0.05, 0) is 31.2 Å². The molecule has 0 saturated heterocycles. The highest BCUT2D eigenvalue weighted by molar-refractivity contribution is 5.68. The van der Waals surface area contributed by atoms with Crippen LogP contribution in [0.25, 0.3) is 11.3 Å². The van der Waals surface area contributed by atoms with Crippen LogP contribution in [-0.4, -0.2) is 12.1 Å². The number of hydrogen-bond acceptors (Lipinski definition) is 3. The van der Waals surface area contributed by atoms with Crippen molar-refractivity contribution in [3.8, 4) is 23.1 Å². The normalized spacial score (nSPS) is 9.83. The highest BCUT2D eigenvalue weighted by Crippen LogP contribution is 2.28. The molecule has 2 rings (SSSR count). The number of nitriles is 1. The Balaban J connectivity index is 2.62. The maximum Gasteiger partial charge on any atom is 0.266 e. The first-order chi connectivity index (χ1) is 8.65. The van der Waals surface area contributed by atoms with Crippen molar-refractivity contribution in [3.63, 3.8) is 0 Å². The van der Waals surface area contributed by atoms with E-state index >= 15 is 0 Å². The summed E-state index contributed by atoms with van der Waals surface area (Å²) in [4.78, 5) is 14.3. The van der Waals surface area contributed by atoms with Crippen molar-refractivity contribution in [1.29, 1.82) is 5.26 Å². The molecular weight excluding hydrogens is 228 g/mol. The monoisotopic (exact) mass is 240 g/mol. The van der Waals surface area contributed by atoms with Crippen molar-refractivity contribution in [2.24, 2.45) is 0 Å². The van der Waals surface area contributed by atoms with Crippen molar-refractivity contribution in [2.75, 3.05) is 7.11 Å². The predicted octanol–water partition coefficient (Wildman–Crippen LogP) is 2.23. The van der Waals surface area contributed by atoms with Crippen molar-refractivity contribution in [3.05, 3.63) is 51.8 Å². The van der Waals surface area contributed by atoms with E-state index in [1.807, 2.05) is 31.2 Å². The number of aromatic nitrogens is 1. The molecule has 1 aromatic carbocycles. The summed E-state index contributed by atoms with van der Waals surface area (Å²) in [6, 6.07) is 10.8. The average molecular weight is 240 g/mol. The van der Waals surface area contributed by atoms with E-state index in [1.165, 1.54) is 6.07 Å². The summed E-state index contributed by atoms with van der Waals surface area (Å²) in [5.74, 6) is 0.681. The molecule has 0 atom stereocenters. The topological polar surface area (TPSA) is 65.9 Å². The lowest BCUT2D eigenvalue weighted by Crippen LogP contribution is -2.10. The van der Waals surface area contributed by atoms with Crippen LogP contribution in [0.2, 0.25) is 0 Å². The van der Waals surface area contributed by atoms with Gasteiger partial charge in [-0.3, -0.25) is 4.79 Å². The molecule has 0 fully saturated rings. The Labute approximate surface area is 104 Å². The van der Waals surface area contributed by atoms with E-state index in [4.69, 9.17) is 10.00 Å². The number of aromatic amines is 1. The summed E-state index contributed by atoms with van der Waals surface area (Å²) >= 11 is 0. The summed E-state index contributed by atoms with van der Waals surface area (Å²) in [5.41, 5.74) is 2.22. The Morgan fingerprint density at radius 1 is 1.28 bits per heavy atom. The van der Waals surface area contributed by atoms with Gasteiger partial charge in [-0.15, -0.1) is 0 Å². The average Bonchev–Trinajstić information content (AvgIpc) is 2.38. The van der Waals surface area contributed by atoms with Crippen LogP contribution in [0.15, 0.2) is 35.1 Å². The number of rotatable bonds is 2. The number of nitrogens with one attached hydrogen (secondary N) is 1. The van der Waals surface area contributed by atoms with Crippen LogP contribution in [0.5, 0.6) is 5.75 Å². The van der Waals surface area contributed by atoms with E-state index in [2.05, 4.69) is 4.98 Å². The lowest BCUT2D eigenvalue weighted by molar-refractivity contribution is 0.416. The Bertz CT molecular complexity index is 681. The van der Waals surface area contributed by atoms with Crippen LogP contribution < -0.4 is 10.3 Å². The van der Waals surface area contributed by atoms with Crippen LogP contribution in [0.3, 0.4) is 0 Å². The van der Waals surface area contributed by atoms with Gasteiger partial charge >= 0.3 is 0 Å². The molecule has 0 unspecified atom stereocenters. The molecule has 1 heterocycles. The molecule has 0 spiro atoms. The molecule has 2 aromatic rings. The summed E-state index contributed by atoms with van der Waals surface area (Å²) < 4.78 is 5.26. The SMILES string of the molecule is COc1ccc(C)cc1-c1ccc(C#N)c(=O)[nH]1. The molecule has 0 aliphatic carbocycles. The highest BCUT2D eigenvalue weighted by Gasteiger charge is 2.08. The van der Waals surface area contributed by atoms with Crippen LogP contribution >= 0.6 is 0 Å². The second-order valence-corrected chi connectivity index (χ2v) is 3.93. The largest absolute Gasteiger partial charge is 0.496 e. The molecule has 0 radical (unpaired) electrons. The van der Waals surface area contributed by atoms with Gasteiger partial charge in [0.15, 0.2) is 0 Å². The molecule has 1 aromatic heterocycles. The molecule has 4 nitrogen and oxygen atoms in total. The van der Waals surface area contributed by atoms with Crippen molar-refractivity contribution >= 4 is 0 Å². The maximum absolute atomic E-state index is 11.6. The second kappa shape index (κ2) is 4.76. The molecular formula is C14H12N2O2. The minimum Gasteiger partial charge on any atom is -0.496 e. The number of ether oxygens (including phenoxy) is 1.